The van der Waals surface area contributed by atoms with Crippen molar-refractivity contribution in [3.8, 4) is 21.6 Å². The molecule has 33 heavy (non-hydrogen) atoms. The predicted octanol–water partition coefficient (Wildman–Crippen LogP) is 7.97. The van der Waals surface area contributed by atoms with E-state index >= 15 is 0 Å². The molecule has 2 aromatic carbocycles. The first kappa shape index (κ1) is 22.9. The molecule has 0 radical (unpaired) electrons. The Kier molecular flexibility index (Phi) is 6.04. The molecule has 3 heterocycles. The van der Waals surface area contributed by atoms with Gasteiger partial charge in [-0.2, -0.15) is 0 Å². The minimum absolute atomic E-state index is 1.03. The van der Waals surface area contributed by atoms with Crippen LogP contribution >= 0.6 is 42.6 Å². The number of rotatable bonds is 4. The third-order valence-corrected chi connectivity index (χ3v) is 13.8. The quantitative estimate of drug-likeness (QED) is 0.163. The minimum atomic E-state index is -2.17. The molecule has 0 nitrogen and oxygen atoms in total. The van der Waals surface area contributed by atoms with Crippen LogP contribution in [0, 0.1) is 13.8 Å². The topological polar surface area (TPSA) is 0 Å². The molecular formula is C29H29PS3. The van der Waals surface area contributed by atoms with Crippen molar-refractivity contribution in [3.63, 3.8) is 0 Å². The van der Waals surface area contributed by atoms with Crippen LogP contribution in [0.25, 0.3) is 27.1 Å². The van der Waals surface area contributed by atoms with E-state index in [1.807, 2.05) is 22.7 Å². The number of benzene rings is 2. The molecule has 0 unspecified atom stereocenters. The Labute approximate surface area is 211 Å². The van der Waals surface area contributed by atoms with Crippen LogP contribution in [0.2, 0.25) is 0 Å². The van der Waals surface area contributed by atoms with E-state index in [0.29, 0.717) is 0 Å². The Morgan fingerprint density at radius 1 is 0.939 bits per heavy atom. The molecule has 0 spiro atoms. The molecule has 0 fully saturated rings. The van der Waals surface area contributed by atoms with Crippen LogP contribution in [-0.4, -0.2) is 6.66 Å². The second-order valence-electron chi connectivity index (χ2n) is 8.90. The van der Waals surface area contributed by atoms with Gasteiger partial charge in [0.15, 0.2) is 0 Å². The second kappa shape index (κ2) is 8.71. The third kappa shape index (κ3) is 3.61. The van der Waals surface area contributed by atoms with Gasteiger partial charge in [-0.25, -0.2) is 0 Å². The van der Waals surface area contributed by atoms with Crippen molar-refractivity contribution >= 4 is 64.1 Å². The Balaban J connectivity index is 1.94. The average Bonchev–Trinajstić information content (AvgIpc) is 3.43. The maximum atomic E-state index is 4.63. The van der Waals surface area contributed by atoms with Crippen molar-refractivity contribution in [2.75, 3.05) is 6.66 Å². The molecule has 5 rings (SSSR count). The summed E-state index contributed by atoms with van der Waals surface area (Å²) in [6.07, 6.45) is 4.46. The number of allylic oxidation sites excluding steroid dienone is 4. The molecule has 0 saturated heterocycles. The van der Waals surface area contributed by atoms with Gasteiger partial charge in [0.2, 0.25) is 0 Å². The first-order chi connectivity index (χ1) is 15.9. The fourth-order valence-electron chi connectivity index (χ4n) is 5.27. The van der Waals surface area contributed by atoms with Crippen LogP contribution in [0.1, 0.15) is 28.5 Å². The molecule has 168 valence electrons. The molecule has 2 aromatic heterocycles. The van der Waals surface area contributed by atoms with E-state index in [4.69, 9.17) is 0 Å². The van der Waals surface area contributed by atoms with Crippen molar-refractivity contribution in [2.45, 2.75) is 27.7 Å². The summed E-state index contributed by atoms with van der Waals surface area (Å²) in [5.41, 5.74) is 5.54. The number of thiophene rings is 2. The average molecular weight is 505 g/mol. The van der Waals surface area contributed by atoms with Crippen molar-refractivity contribution < 1.29 is 0 Å². The molecule has 0 amide bonds. The summed E-state index contributed by atoms with van der Waals surface area (Å²) in [6.45, 7) is 11.3. The molecule has 4 heteroatoms. The zero-order valence-electron chi connectivity index (χ0n) is 19.7. The summed E-state index contributed by atoms with van der Waals surface area (Å²) in [6, 6.07) is 22.8. The SMILES string of the molecule is C/C=C(/C=C(/C)S)c1sc2c(c1-c1cc(C)sc1C)[PH](C)(c1ccccc1)c1ccccc1-2. The van der Waals surface area contributed by atoms with Crippen LogP contribution in [0.3, 0.4) is 0 Å². The van der Waals surface area contributed by atoms with E-state index in [1.165, 1.54) is 52.4 Å². The Bertz CT molecular complexity index is 1410. The fraction of sp³-hybridized carbons (Fsp3) is 0.172. The van der Waals surface area contributed by atoms with Crippen LogP contribution in [0.4, 0.5) is 0 Å². The maximum absolute atomic E-state index is 4.63. The zero-order valence-corrected chi connectivity index (χ0v) is 23.2. The van der Waals surface area contributed by atoms with Crippen molar-refractivity contribution in [3.05, 3.63) is 92.4 Å². The first-order valence-electron chi connectivity index (χ1n) is 11.3. The van der Waals surface area contributed by atoms with Crippen molar-refractivity contribution in [2.24, 2.45) is 0 Å². The number of hydrogen-bond acceptors (Lipinski definition) is 3. The second-order valence-corrected chi connectivity index (χ2v) is 16.0. The summed E-state index contributed by atoms with van der Waals surface area (Å²) in [7, 11) is -2.17. The van der Waals surface area contributed by atoms with Gasteiger partial charge in [0, 0.05) is 0 Å². The van der Waals surface area contributed by atoms with Crippen LogP contribution in [-0.2, 0) is 0 Å². The predicted molar refractivity (Wildman–Crippen MR) is 159 cm³/mol. The van der Waals surface area contributed by atoms with Gasteiger partial charge >= 0.3 is 212 Å². The number of thiol groups is 1. The monoisotopic (exact) mass is 504 g/mol. The number of hydrogen-bond donors (Lipinski definition) is 1. The van der Waals surface area contributed by atoms with Crippen LogP contribution in [0.5, 0.6) is 0 Å². The normalized spacial score (nSPS) is 15.9. The molecule has 1 aliphatic rings. The fourth-order valence-corrected chi connectivity index (χ4v) is 12.8. The molecule has 0 aliphatic carbocycles. The van der Waals surface area contributed by atoms with Gasteiger partial charge in [-0.15, -0.1) is 0 Å². The van der Waals surface area contributed by atoms with E-state index in [-0.39, 0.29) is 0 Å². The molecule has 0 saturated carbocycles. The van der Waals surface area contributed by atoms with Crippen LogP contribution in [0.15, 0.2) is 77.7 Å². The third-order valence-electron chi connectivity index (χ3n) is 6.72. The summed E-state index contributed by atoms with van der Waals surface area (Å²) >= 11 is 8.50. The van der Waals surface area contributed by atoms with Crippen molar-refractivity contribution in [1.82, 2.24) is 0 Å². The molecule has 4 aromatic rings. The van der Waals surface area contributed by atoms with Crippen LogP contribution < -0.4 is 15.9 Å². The van der Waals surface area contributed by atoms with E-state index < -0.39 is 7.26 Å². The van der Waals surface area contributed by atoms with Gasteiger partial charge in [0.1, 0.15) is 0 Å². The number of aryl methyl sites for hydroxylation is 2. The molecule has 0 atom stereocenters. The molecule has 0 N–H and O–H groups in total. The molecular weight excluding hydrogens is 475 g/mol. The van der Waals surface area contributed by atoms with Gasteiger partial charge in [-0.05, 0) is 0 Å². The zero-order chi connectivity index (χ0) is 23.3. The van der Waals surface area contributed by atoms with Gasteiger partial charge in [0.05, 0.1) is 0 Å². The summed E-state index contributed by atoms with van der Waals surface area (Å²) in [5, 5.41) is 4.60. The van der Waals surface area contributed by atoms with Gasteiger partial charge < -0.3 is 0 Å². The summed E-state index contributed by atoms with van der Waals surface area (Å²) < 4.78 is 0. The Hall–Kier alpha value is -1.90. The summed E-state index contributed by atoms with van der Waals surface area (Å²) in [5.74, 6) is 0. The van der Waals surface area contributed by atoms with Gasteiger partial charge in [0.25, 0.3) is 0 Å². The molecule has 0 bridgehead atoms. The van der Waals surface area contributed by atoms with E-state index in [2.05, 4.69) is 120 Å². The van der Waals surface area contributed by atoms with Gasteiger partial charge in [-0.3, -0.25) is 0 Å². The Morgan fingerprint density at radius 3 is 2.27 bits per heavy atom. The van der Waals surface area contributed by atoms with E-state index in [9.17, 15) is 0 Å². The number of fused-ring (bicyclic) bond motifs is 3. The summed E-state index contributed by atoms with van der Waals surface area (Å²) in [4.78, 5) is 6.64. The standard InChI is InChI=1S/C29H29PS3/c1-6-21(16-18(2)31)28-26(24-17-19(3)32-20(24)4)27-29(33-28)23-14-10-11-15-25(23)30(27,5)22-12-8-7-9-13-22/h6-17,30-31H,1-5H3/b18-16-,21-6-. The van der Waals surface area contributed by atoms with Crippen molar-refractivity contribution in [1.29, 1.82) is 0 Å². The Morgan fingerprint density at radius 2 is 1.64 bits per heavy atom. The first-order valence-corrected chi connectivity index (χ1v) is 15.9. The molecule has 1 aliphatic heterocycles. The van der Waals surface area contributed by atoms with E-state index in [1.54, 1.807) is 5.30 Å². The van der Waals surface area contributed by atoms with Gasteiger partial charge in [-0.1, -0.05) is 0 Å². The van der Waals surface area contributed by atoms with E-state index in [0.717, 1.165) is 4.91 Å².